The van der Waals surface area contributed by atoms with Crippen molar-refractivity contribution in [3.05, 3.63) is 53.0 Å². The van der Waals surface area contributed by atoms with E-state index in [4.69, 9.17) is 0 Å². The van der Waals surface area contributed by atoms with Crippen LogP contribution in [0.4, 0.5) is 21.9 Å². The van der Waals surface area contributed by atoms with Crippen LogP contribution in [0.15, 0.2) is 53.0 Å². The Balaban J connectivity index is 1.41. The second-order valence-corrected chi connectivity index (χ2v) is 9.08. The molecule has 1 aliphatic rings. The van der Waals surface area contributed by atoms with E-state index in [1.54, 1.807) is 0 Å². The average molecular weight is 501 g/mol. The molecule has 0 saturated carbocycles. The van der Waals surface area contributed by atoms with Crippen LogP contribution in [0.25, 0.3) is 0 Å². The SMILES string of the molecule is CCCCCCCC(=O)N1CCN(c2ccc(NC(=O)Nc3ccc(Br)cc3)cc2)CC1. The lowest BCUT2D eigenvalue weighted by atomic mass is 10.1. The molecule has 1 aliphatic heterocycles. The number of nitrogens with zero attached hydrogens (tertiary/aromatic N) is 2. The fourth-order valence-corrected chi connectivity index (χ4v) is 4.10. The molecule has 3 rings (SSSR count). The Hall–Kier alpha value is -2.54. The number of rotatable bonds is 9. The molecule has 0 atom stereocenters. The van der Waals surface area contributed by atoms with Gasteiger partial charge in [-0.1, -0.05) is 48.5 Å². The average Bonchev–Trinajstić information content (AvgIpc) is 2.81. The molecule has 0 aromatic heterocycles. The number of hydrogen-bond donors (Lipinski definition) is 2. The lowest BCUT2D eigenvalue weighted by Crippen LogP contribution is -2.48. The van der Waals surface area contributed by atoms with Gasteiger partial charge in [0.05, 0.1) is 0 Å². The van der Waals surface area contributed by atoms with Gasteiger partial charge in [-0.05, 0) is 55.0 Å². The largest absolute Gasteiger partial charge is 0.368 e. The molecule has 0 spiro atoms. The smallest absolute Gasteiger partial charge is 0.323 e. The van der Waals surface area contributed by atoms with Crippen LogP contribution in [0.5, 0.6) is 0 Å². The van der Waals surface area contributed by atoms with Crippen LogP contribution in [0.1, 0.15) is 45.4 Å². The van der Waals surface area contributed by atoms with Gasteiger partial charge in [0.15, 0.2) is 0 Å². The van der Waals surface area contributed by atoms with E-state index in [2.05, 4.69) is 38.4 Å². The standard InChI is InChI=1S/C25H33BrN4O2/c1-2-3-4-5-6-7-24(31)30-18-16-29(17-19-30)23-14-12-22(13-15-23)28-25(32)27-21-10-8-20(26)9-11-21/h8-15H,2-7,16-19H2,1H3,(H2,27,28,32). The maximum atomic E-state index is 12.4. The number of amides is 3. The first-order chi connectivity index (χ1) is 15.5. The van der Waals surface area contributed by atoms with E-state index in [9.17, 15) is 9.59 Å². The number of piperazine rings is 1. The van der Waals surface area contributed by atoms with E-state index in [0.717, 1.165) is 60.6 Å². The molecular weight excluding hydrogens is 468 g/mol. The Morgan fingerprint density at radius 3 is 1.97 bits per heavy atom. The number of benzene rings is 2. The molecule has 1 saturated heterocycles. The first kappa shape index (κ1) is 24.1. The van der Waals surface area contributed by atoms with E-state index in [-0.39, 0.29) is 11.9 Å². The zero-order chi connectivity index (χ0) is 22.8. The highest BCUT2D eigenvalue weighted by molar-refractivity contribution is 9.10. The van der Waals surface area contributed by atoms with Crippen molar-refractivity contribution in [3.63, 3.8) is 0 Å². The van der Waals surface area contributed by atoms with Crippen LogP contribution in [-0.2, 0) is 4.79 Å². The number of nitrogens with one attached hydrogen (secondary N) is 2. The third kappa shape index (κ3) is 7.55. The summed E-state index contributed by atoms with van der Waals surface area (Å²) < 4.78 is 0.964. The van der Waals surface area contributed by atoms with Gasteiger partial charge in [0.25, 0.3) is 0 Å². The first-order valence-corrected chi connectivity index (χ1v) is 12.3. The number of halogens is 1. The summed E-state index contributed by atoms with van der Waals surface area (Å²) in [5, 5.41) is 5.67. The molecule has 2 aromatic rings. The Kier molecular flexibility index (Phi) is 9.41. The summed E-state index contributed by atoms with van der Waals surface area (Å²) in [5.41, 5.74) is 2.58. The van der Waals surface area contributed by atoms with Gasteiger partial charge < -0.3 is 20.4 Å². The second kappa shape index (κ2) is 12.5. The summed E-state index contributed by atoms with van der Waals surface area (Å²) in [6.07, 6.45) is 6.55. The Bertz CT molecular complexity index is 863. The van der Waals surface area contributed by atoms with Crippen LogP contribution < -0.4 is 15.5 Å². The molecule has 0 aliphatic carbocycles. The van der Waals surface area contributed by atoms with E-state index >= 15 is 0 Å². The number of anilines is 3. The van der Waals surface area contributed by atoms with Crippen LogP contribution in [-0.4, -0.2) is 43.0 Å². The molecule has 0 bridgehead atoms. The van der Waals surface area contributed by atoms with Gasteiger partial charge in [-0.15, -0.1) is 0 Å². The molecule has 32 heavy (non-hydrogen) atoms. The van der Waals surface area contributed by atoms with Crippen LogP contribution in [0, 0.1) is 0 Å². The van der Waals surface area contributed by atoms with Crippen LogP contribution in [0.2, 0.25) is 0 Å². The number of unbranched alkanes of at least 4 members (excludes halogenated alkanes) is 4. The Morgan fingerprint density at radius 1 is 0.812 bits per heavy atom. The molecule has 0 radical (unpaired) electrons. The van der Waals surface area contributed by atoms with E-state index in [1.807, 2.05) is 53.4 Å². The summed E-state index contributed by atoms with van der Waals surface area (Å²) in [6, 6.07) is 15.0. The van der Waals surface area contributed by atoms with Gasteiger partial charge in [0.1, 0.15) is 0 Å². The fourth-order valence-electron chi connectivity index (χ4n) is 3.83. The first-order valence-electron chi connectivity index (χ1n) is 11.5. The molecule has 0 unspecified atom stereocenters. The van der Waals surface area contributed by atoms with Crippen molar-refractivity contribution in [2.24, 2.45) is 0 Å². The molecular formula is C25H33BrN4O2. The van der Waals surface area contributed by atoms with Gasteiger partial charge in [-0.3, -0.25) is 4.79 Å². The number of urea groups is 1. The van der Waals surface area contributed by atoms with Crippen LogP contribution in [0.3, 0.4) is 0 Å². The summed E-state index contributed by atoms with van der Waals surface area (Å²) in [5.74, 6) is 0.289. The minimum atomic E-state index is -0.276. The van der Waals surface area contributed by atoms with E-state index in [1.165, 1.54) is 19.3 Å². The topological polar surface area (TPSA) is 64.7 Å². The molecule has 2 aromatic carbocycles. The van der Waals surface area contributed by atoms with E-state index in [0.29, 0.717) is 6.42 Å². The van der Waals surface area contributed by atoms with Crippen LogP contribution >= 0.6 is 15.9 Å². The minimum Gasteiger partial charge on any atom is -0.368 e. The van der Waals surface area contributed by atoms with Gasteiger partial charge in [0, 0.05) is 54.1 Å². The number of carbonyl (C=O) groups is 2. The quantitative estimate of drug-likeness (QED) is 0.408. The van der Waals surface area contributed by atoms with Crippen molar-refractivity contribution in [1.82, 2.24) is 4.90 Å². The van der Waals surface area contributed by atoms with Crippen molar-refractivity contribution in [1.29, 1.82) is 0 Å². The summed E-state index contributed by atoms with van der Waals surface area (Å²) >= 11 is 3.38. The van der Waals surface area contributed by atoms with Crippen molar-refractivity contribution in [2.75, 3.05) is 41.7 Å². The summed E-state index contributed by atoms with van der Waals surface area (Å²) in [4.78, 5) is 28.9. The lowest BCUT2D eigenvalue weighted by molar-refractivity contribution is -0.131. The highest BCUT2D eigenvalue weighted by Gasteiger charge is 2.20. The lowest BCUT2D eigenvalue weighted by Gasteiger charge is -2.36. The monoisotopic (exact) mass is 500 g/mol. The number of hydrogen-bond acceptors (Lipinski definition) is 3. The van der Waals surface area contributed by atoms with Gasteiger partial charge in [-0.2, -0.15) is 0 Å². The predicted octanol–water partition coefficient (Wildman–Crippen LogP) is 6.10. The number of carbonyl (C=O) groups excluding carboxylic acids is 2. The normalized spacial score (nSPS) is 13.7. The molecule has 1 heterocycles. The summed E-state index contributed by atoms with van der Waals surface area (Å²) in [7, 11) is 0. The third-order valence-electron chi connectivity index (χ3n) is 5.72. The van der Waals surface area contributed by atoms with Crippen molar-refractivity contribution >= 4 is 44.9 Å². The predicted molar refractivity (Wildman–Crippen MR) is 135 cm³/mol. The summed E-state index contributed by atoms with van der Waals surface area (Å²) in [6.45, 7) is 5.40. The molecule has 6 nitrogen and oxygen atoms in total. The van der Waals surface area contributed by atoms with Crippen molar-refractivity contribution in [3.8, 4) is 0 Å². The maximum absolute atomic E-state index is 12.4. The van der Waals surface area contributed by atoms with Gasteiger partial charge in [0.2, 0.25) is 5.91 Å². The molecule has 7 heteroatoms. The minimum absolute atomic E-state index is 0.276. The van der Waals surface area contributed by atoms with Gasteiger partial charge in [-0.25, -0.2) is 4.79 Å². The van der Waals surface area contributed by atoms with Crippen molar-refractivity contribution < 1.29 is 9.59 Å². The van der Waals surface area contributed by atoms with E-state index < -0.39 is 0 Å². The highest BCUT2D eigenvalue weighted by Crippen LogP contribution is 2.21. The molecule has 1 fully saturated rings. The van der Waals surface area contributed by atoms with Gasteiger partial charge >= 0.3 is 6.03 Å². The molecule has 3 amide bonds. The Labute approximate surface area is 199 Å². The maximum Gasteiger partial charge on any atom is 0.323 e. The van der Waals surface area contributed by atoms with Crippen molar-refractivity contribution in [2.45, 2.75) is 45.4 Å². The Morgan fingerprint density at radius 2 is 1.38 bits per heavy atom. The zero-order valence-electron chi connectivity index (χ0n) is 18.8. The molecule has 172 valence electrons. The highest BCUT2D eigenvalue weighted by atomic mass is 79.9. The molecule has 2 N–H and O–H groups in total. The zero-order valence-corrected chi connectivity index (χ0v) is 20.4. The third-order valence-corrected chi connectivity index (χ3v) is 6.25. The second-order valence-electron chi connectivity index (χ2n) is 8.16. The fraction of sp³-hybridized carbons (Fsp3) is 0.440.